The number of nitrogens with two attached hydrogens (primary N) is 1. The average Bonchev–Trinajstić information content (AvgIpc) is 2.86. The van der Waals surface area contributed by atoms with Crippen molar-refractivity contribution in [3.05, 3.63) is 29.8 Å². The van der Waals surface area contributed by atoms with Gasteiger partial charge in [-0.3, -0.25) is 4.98 Å². The predicted octanol–water partition coefficient (Wildman–Crippen LogP) is 1.63. The molecule has 64 valence electrons. The molecular weight excluding hydrogens is 155 g/mol. The third-order valence-electron chi connectivity index (χ3n) is 2.23. The molecule has 1 aromatic rings. The van der Waals surface area contributed by atoms with Gasteiger partial charge < -0.3 is 5.73 Å². The number of rotatable bonds is 2. The molecule has 0 unspecified atom stereocenters. The minimum atomic E-state index is -0.281. The molecule has 0 radical (unpaired) electrons. The van der Waals surface area contributed by atoms with Gasteiger partial charge in [0.25, 0.3) is 0 Å². The van der Waals surface area contributed by atoms with Crippen LogP contribution in [-0.2, 0) is 0 Å². The van der Waals surface area contributed by atoms with E-state index in [-0.39, 0.29) is 11.9 Å². The molecule has 1 atom stereocenters. The molecule has 1 aliphatic rings. The maximum Gasteiger partial charge on any atom is 0.146 e. The highest BCUT2D eigenvalue weighted by molar-refractivity contribution is 5.13. The lowest BCUT2D eigenvalue weighted by Crippen LogP contribution is -2.15. The van der Waals surface area contributed by atoms with Crippen molar-refractivity contribution in [1.29, 1.82) is 0 Å². The number of nitrogens with zero attached hydrogens (tertiary/aromatic N) is 1. The van der Waals surface area contributed by atoms with Crippen LogP contribution in [0.5, 0.6) is 0 Å². The molecule has 1 saturated carbocycles. The van der Waals surface area contributed by atoms with Crippen LogP contribution in [0, 0.1) is 11.7 Å². The quantitative estimate of drug-likeness (QED) is 0.725. The summed E-state index contributed by atoms with van der Waals surface area (Å²) < 4.78 is 13.1. The van der Waals surface area contributed by atoms with Crippen LogP contribution in [0.2, 0.25) is 0 Å². The van der Waals surface area contributed by atoms with E-state index >= 15 is 0 Å². The summed E-state index contributed by atoms with van der Waals surface area (Å²) in [6.45, 7) is 0. The fourth-order valence-electron chi connectivity index (χ4n) is 1.32. The largest absolute Gasteiger partial charge is 0.322 e. The Morgan fingerprint density at radius 3 is 2.92 bits per heavy atom. The molecule has 2 rings (SSSR count). The smallest absolute Gasteiger partial charge is 0.146 e. The summed E-state index contributed by atoms with van der Waals surface area (Å²) in [6, 6.07) is 2.79. The van der Waals surface area contributed by atoms with E-state index < -0.39 is 0 Å². The number of halogens is 1. The fourth-order valence-corrected chi connectivity index (χ4v) is 1.32. The van der Waals surface area contributed by atoms with Crippen molar-refractivity contribution in [2.75, 3.05) is 0 Å². The van der Waals surface area contributed by atoms with Crippen LogP contribution in [0.4, 0.5) is 4.39 Å². The Morgan fingerprint density at radius 1 is 1.58 bits per heavy atom. The molecule has 0 saturated heterocycles. The molecule has 2 N–H and O–H groups in total. The standard InChI is InChI=1S/C9H11FN2/c10-7-2-1-5-12-9(7)8(11)6-3-4-6/h1-2,5-6,8H,3-4,11H2/t8-/m0/s1. The van der Waals surface area contributed by atoms with E-state index in [2.05, 4.69) is 4.98 Å². The van der Waals surface area contributed by atoms with Crippen LogP contribution in [0.25, 0.3) is 0 Å². The SMILES string of the molecule is N[C@H](c1ncccc1F)C1CC1. The van der Waals surface area contributed by atoms with Crippen molar-refractivity contribution in [1.82, 2.24) is 4.98 Å². The Labute approximate surface area is 70.6 Å². The van der Waals surface area contributed by atoms with Gasteiger partial charge in [0, 0.05) is 6.20 Å². The van der Waals surface area contributed by atoms with Gasteiger partial charge in [-0.1, -0.05) is 0 Å². The summed E-state index contributed by atoms with van der Waals surface area (Å²) in [5, 5.41) is 0. The molecule has 0 aliphatic heterocycles. The van der Waals surface area contributed by atoms with E-state index in [1.54, 1.807) is 12.3 Å². The van der Waals surface area contributed by atoms with Gasteiger partial charge in [0.2, 0.25) is 0 Å². The topological polar surface area (TPSA) is 38.9 Å². The summed E-state index contributed by atoms with van der Waals surface area (Å²) in [6.07, 6.45) is 3.80. The predicted molar refractivity (Wildman–Crippen MR) is 43.8 cm³/mol. The first kappa shape index (κ1) is 7.68. The van der Waals surface area contributed by atoms with Crippen LogP contribution < -0.4 is 5.73 Å². The number of aromatic nitrogens is 1. The Kier molecular flexibility index (Phi) is 1.81. The maximum absolute atomic E-state index is 13.1. The van der Waals surface area contributed by atoms with Gasteiger partial charge in [0.1, 0.15) is 5.82 Å². The Bertz CT molecular complexity index is 284. The van der Waals surface area contributed by atoms with Gasteiger partial charge in [0.05, 0.1) is 11.7 Å². The van der Waals surface area contributed by atoms with Crippen LogP contribution in [0.3, 0.4) is 0 Å². The first-order chi connectivity index (χ1) is 5.79. The summed E-state index contributed by atoms with van der Waals surface area (Å²) in [5.74, 6) is 0.172. The lowest BCUT2D eigenvalue weighted by atomic mass is 10.1. The van der Waals surface area contributed by atoms with Gasteiger partial charge >= 0.3 is 0 Å². The van der Waals surface area contributed by atoms with E-state index in [1.165, 1.54) is 6.07 Å². The van der Waals surface area contributed by atoms with Gasteiger partial charge in [-0.25, -0.2) is 4.39 Å². The van der Waals surface area contributed by atoms with E-state index in [9.17, 15) is 4.39 Å². The van der Waals surface area contributed by atoms with Crippen molar-refractivity contribution in [3.63, 3.8) is 0 Å². The van der Waals surface area contributed by atoms with E-state index in [1.807, 2.05) is 0 Å². The van der Waals surface area contributed by atoms with Crippen LogP contribution >= 0.6 is 0 Å². The summed E-state index contributed by atoms with van der Waals surface area (Å²) in [5.41, 5.74) is 6.22. The monoisotopic (exact) mass is 166 g/mol. The third kappa shape index (κ3) is 1.32. The minimum Gasteiger partial charge on any atom is -0.322 e. The Balaban J connectivity index is 2.25. The Morgan fingerprint density at radius 2 is 2.33 bits per heavy atom. The molecule has 2 nitrogen and oxygen atoms in total. The molecule has 0 aromatic carbocycles. The third-order valence-corrected chi connectivity index (χ3v) is 2.23. The lowest BCUT2D eigenvalue weighted by molar-refractivity contribution is 0.536. The first-order valence-corrected chi connectivity index (χ1v) is 4.15. The van der Waals surface area contributed by atoms with Gasteiger partial charge in [-0.05, 0) is 30.9 Å². The molecule has 1 aromatic heterocycles. The highest BCUT2D eigenvalue weighted by Crippen LogP contribution is 2.39. The lowest BCUT2D eigenvalue weighted by Gasteiger charge is -2.09. The van der Waals surface area contributed by atoms with E-state index in [0.29, 0.717) is 11.6 Å². The Hall–Kier alpha value is -0.960. The highest BCUT2D eigenvalue weighted by Gasteiger charge is 2.31. The fraction of sp³-hybridized carbons (Fsp3) is 0.444. The van der Waals surface area contributed by atoms with Crippen molar-refractivity contribution in [2.45, 2.75) is 18.9 Å². The molecule has 1 heterocycles. The number of hydrogen-bond donors (Lipinski definition) is 1. The van der Waals surface area contributed by atoms with Crippen LogP contribution in [0.1, 0.15) is 24.6 Å². The van der Waals surface area contributed by atoms with Crippen molar-refractivity contribution < 1.29 is 4.39 Å². The second-order valence-electron chi connectivity index (χ2n) is 3.23. The summed E-state index contributed by atoms with van der Waals surface area (Å²) >= 11 is 0. The van der Waals surface area contributed by atoms with E-state index in [0.717, 1.165) is 12.8 Å². The van der Waals surface area contributed by atoms with Gasteiger partial charge in [-0.15, -0.1) is 0 Å². The number of hydrogen-bond acceptors (Lipinski definition) is 2. The zero-order valence-corrected chi connectivity index (χ0v) is 6.70. The van der Waals surface area contributed by atoms with E-state index in [4.69, 9.17) is 5.73 Å². The second kappa shape index (κ2) is 2.83. The normalized spacial score (nSPS) is 19.2. The molecule has 0 amide bonds. The summed E-state index contributed by atoms with van der Waals surface area (Å²) in [4.78, 5) is 3.94. The van der Waals surface area contributed by atoms with Crippen molar-refractivity contribution >= 4 is 0 Å². The first-order valence-electron chi connectivity index (χ1n) is 4.15. The molecule has 0 spiro atoms. The maximum atomic E-state index is 13.1. The van der Waals surface area contributed by atoms with Crippen LogP contribution in [-0.4, -0.2) is 4.98 Å². The second-order valence-corrected chi connectivity index (χ2v) is 3.23. The van der Waals surface area contributed by atoms with Gasteiger partial charge in [-0.2, -0.15) is 0 Å². The molecule has 1 fully saturated rings. The zero-order valence-electron chi connectivity index (χ0n) is 6.70. The van der Waals surface area contributed by atoms with Crippen molar-refractivity contribution in [2.24, 2.45) is 11.7 Å². The van der Waals surface area contributed by atoms with Gasteiger partial charge in [0.15, 0.2) is 0 Å². The van der Waals surface area contributed by atoms with Crippen LogP contribution in [0.15, 0.2) is 18.3 Å². The summed E-state index contributed by atoms with van der Waals surface area (Å²) in [7, 11) is 0. The molecular formula is C9H11FN2. The number of pyridine rings is 1. The highest BCUT2D eigenvalue weighted by atomic mass is 19.1. The van der Waals surface area contributed by atoms with Crippen molar-refractivity contribution in [3.8, 4) is 0 Å². The molecule has 1 aliphatic carbocycles. The molecule has 12 heavy (non-hydrogen) atoms. The minimum absolute atomic E-state index is 0.203. The molecule has 0 bridgehead atoms. The molecule has 3 heteroatoms. The zero-order chi connectivity index (χ0) is 8.55. The average molecular weight is 166 g/mol.